The van der Waals surface area contributed by atoms with Crippen molar-refractivity contribution in [2.75, 3.05) is 11.9 Å². The summed E-state index contributed by atoms with van der Waals surface area (Å²) in [5, 5.41) is 2.79. The molecule has 1 saturated carbocycles. The van der Waals surface area contributed by atoms with Crippen LogP contribution in [0, 0.1) is 29.5 Å². The average Bonchev–Trinajstić information content (AvgIpc) is 3.07. The van der Waals surface area contributed by atoms with Gasteiger partial charge in [-0.25, -0.2) is 4.39 Å². The summed E-state index contributed by atoms with van der Waals surface area (Å²) in [5.74, 6) is 5.52. The Morgan fingerprint density at radius 3 is 2.94 bits per heavy atom. The second kappa shape index (κ2) is 5.19. The first-order valence-electron chi connectivity index (χ1n) is 5.91. The Morgan fingerprint density at radius 2 is 2.33 bits per heavy atom. The van der Waals surface area contributed by atoms with Crippen LogP contribution in [0.2, 0.25) is 0 Å². The molecule has 0 bridgehead atoms. The van der Waals surface area contributed by atoms with Crippen LogP contribution in [0.25, 0.3) is 0 Å². The van der Waals surface area contributed by atoms with Crippen LogP contribution in [0.1, 0.15) is 18.9 Å². The van der Waals surface area contributed by atoms with Crippen molar-refractivity contribution in [3.63, 3.8) is 0 Å². The first kappa shape index (κ1) is 12.6. The first-order valence-corrected chi connectivity index (χ1v) is 5.91. The predicted molar refractivity (Wildman–Crippen MR) is 68.2 cm³/mol. The Hall–Kier alpha value is -1.86. The molecule has 0 radical (unpaired) electrons. The lowest BCUT2D eigenvalue weighted by molar-refractivity contribution is -0.117. The number of carbonyl (C=O) groups excluding carboxylic acids is 1. The van der Waals surface area contributed by atoms with Crippen molar-refractivity contribution >= 4 is 11.6 Å². The predicted octanol–water partition coefficient (Wildman–Crippen LogP) is 1.73. The minimum atomic E-state index is -0.380. The van der Waals surface area contributed by atoms with Gasteiger partial charge in [-0.1, -0.05) is 18.8 Å². The molecule has 1 aliphatic carbocycles. The van der Waals surface area contributed by atoms with Crippen molar-refractivity contribution in [3.05, 3.63) is 29.6 Å². The van der Waals surface area contributed by atoms with Crippen LogP contribution >= 0.6 is 0 Å². The number of anilines is 1. The van der Waals surface area contributed by atoms with Gasteiger partial charge in [0.15, 0.2) is 0 Å². The number of rotatable bonds is 2. The van der Waals surface area contributed by atoms with Crippen LogP contribution in [0.3, 0.4) is 0 Å². The van der Waals surface area contributed by atoms with E-state index in [9.17, 15) is 9.18 Å². The molecule has 4 heteroatoms. The molecule has 0 saturated heterocycles. The number of hydrogen-bond acceptors (Lipinski definition) is 2. The molecule has 0 spiro atoms. The van der Waals surface area contributed by atoms with Gasteiger partial charge in [0.1, 0.15) is 5.82 Å². The summed E-state index contributed by atoms with van der Waals surface area (Å²) in [7, 11) is 0. The number of nitrogens with one attached hydrogen (secondary N) is 1. The summed E-state index contributed by atoms with van der Waals surface area (Å²) in [6, 6.07) is 4.13. The van der Waals surface area contributed by atoms with Crippen molar-refractivity contribution in [1.29, 1.82) is 0 Å². The van der Waals surface area contributed by atoms with Gasteiger partial charge in [-0.3, -0.25) is 4.79 Å². The number of amides is 1. The molecule has 2 rings (SSSR count). The lowest BCUT2D eigenvalue weighted by atomic mass is 10.1. The zero-order valence-electron chi connectivity index (χ0n) is 10.2. The van der Waals surface area contributed by atoms with Crippen LogP contribution in [0.4, 0.5) is 10.1 Å². The molecule has 1 aromatic carbocycles. The highest BCUT2D eigenvalue weighted by Gasteiger charge is 2.39. The maximum atomic E-state index is 13.1. The van der Waals surface area contributed by atoms with E-state index >= 15 is 0 Å². The monoisotopic (exact) mass is 246 g/mol. The number of halogens is 1. The van der Waals surface area contributed by atoms with E-state index in [2.05, 4.69) is 17.2 Å². The lowest BCUT2D eigenvalue weighted by Gasteiger charge is -2.07. The summed E-state index contributed by atoms with van der Waals surface area (Å²) in [4.78, 5) is 11.8. The summed E-state index contributed by atoms with van der Waals surface area (Å²) >= 11 is 0. The molecule has 1 aromatic rings. The summed E-state index contributed by atoms with van der Waals surface area (Å²) in [5.41, 5.74) is 6.29. The molecule has 1 fully saturated rings. The van der Waals surface area contributed by atoms with Gasteiger partial charge in [0.2, 0.25) is 5.91 Å². The van der Waals surface area contributed by atoms with Gasteiger partial charge in [-0.2, -0.15) is 0 Å². The minimum absolute atomic E-state index is 0.0232. The van der Waals surface area contributed by atoms with E-state index in [1.807, 2.05) is 6.92 Å². The summed E-state index contributed by atoms with van der Waals surface area (Å²) < 4.78 is 13.1. The molecule has 18 heavy (non-hydrogen) atoms. The van der Waals surface area contributed by atoms with E-state index < -0.39 is 0 Å². The van der Waals surface area contributed by atoms with Crippen LogP contribution in [-0.2, 0) is 4.79 Å². The van der Waals surface area contributed by atoms with E-state index in [0.717, 1.165) is 6.42 Å². The maximum Gasteiger partial charge on any atom is 0.227 e. The molecule has 1 aliphatic rings. The topological polar surface area (TPSA) is 55.1 Å². The van der Waals surface area contributed by atoms with E-state index in [4.69, 9.17) is 5.73 Å². The fourth-order valence-corrected chi connectivity index (χ4v) is 1.79. The third-order valence-corrected chi connectivity index (χ3v) is 3.01. The molecule has 0 heterocycles. The van der Waals surface area contributed by atoms with E-state index in [1.165, 1.54) is 18.2 Å². The summed E-state index contributed by atoms with van der Waals surface area (Å²) in [6.45, 7) is 2.23. The number of carbonyl (C=O) groups is 1. The second-order valence-corrected chi connectivity index (χ2v) is 4.50. The Labute approximate surface area is 106 Å². The largest absolute Gasteiger partial charge is 0.325 e. The minimum Gasteiger partial charge on any atom is -0.325 e. The quantitative estimate of drug-likeness (QED) is 0.781. The fraction of sp³-hybridized carbons (Fsp3) is 0.357. The SMILES string of the molecule is CC1CC1C(=O)Nc1ccc(F)cc1C#CCN. The van der Waals surface area contributed by atoms with Crippen molar-refractivity contribution in [1.82, 2.24) is 0 Å². The third kappa shape index (κ3) is 2.88. The normalized spacial score (nSPS) is 20.8. The van der Waals surface area contributed by atoms with Gasteiger partial charge >= 0.3 is 0 Å². The molecule has 3 N–H and O–H groups in total. The molecule has 0 aliphatic heterocycles. The second-order valence-electron chi connectivity index (χ2n) is 4.50. The van der Waals surface area contributed by atoms with E-state index in [0.29, 0.717) is 17.2 Å². The van der Waals surface area contributed by atoms with E-state index in [-0.39, 0.29) is 24.2 Å². The Bertz CT molecular complexity index is 530. The molecule has 94 valence electrons. The van der Waals surface area contributed by atoms with Crippen LogP contribution in [0.15, 0.2) is 18.2 Å². The highest BCUT2D eigenvalue weighted by atomic mass is 19.1. The average molecular weight is 246 g/mol. The van der Waals surface area contributed by atoms with Crippen molar-refractivity contribution in [2.45, 2.75) is 13.3 Å². The van der Waals surface area contributed by atoms with Crippen molar-refractivity contribution < 1.29 is 9.18 Å². The van der Waals surface area contributed by atoms with Gasteiger partial charge in [0, 0.05) is 5.92 Å². The fourth-order valence-electron chi connectivity index (χ4n) is 1.79. The molecule has 3 nitrogen and oxygen atoms in total. The summed E-state index contributed by atoms with van der Waals surface area (Å²) in [6.07, 6.45) is 0.914. The molecule has 2 unspecified atom stereocenters. The number of hydrogen-bond donors (Lipinski definition) is 2. The van der Waals surface area contributed by atoms with Crippen molar-refractivity contribution in [3.8, 4) is 11.8 Å². The highest BCUT2D eigenvalue weighted by molar-refractivity contribution is 5.95. The molecular formula is C14H15FN2O. The van der Waals surface area contributed by atoms with E-state index in [1.54, 1.807) is 0 Å². The Morgan fingerprint density at radius 1 is 1.61 bits per heavy atom. The van der Waals surface area contributed by atoms with Gasteiger partial charge in [0.25, 0.3) is 0 Å². The van der Waals surface area contributed by atoms with Gasteiger partial charge in [-0.05, 0) is 30.5 Å². The zero-order valence-corrected chi connectivity index (χ0v) is 10.2. The maximum absolute atomic E-state index is 13.1. The van der Waals surface area contributed by atoms with Gasteiger partial charge in [-0.15, -0.1) is 0 Å². The molecule has 0 aromatic heterocycles. The van der Waals surface area contributed by atoms with Crippen LogP contribution < -0.4 is 11.1 Å². The Balaban J connectivity index is 2.18. The van der Waals surface area contributed by atoms with Crippen LogP contribution in [-0.4, -0.2) is 12.5 Å². The van der Waals surface area contributed by atoms with Gasteiger partial charge < -0.3 is 11.1 Å². The first-order chi connectivity index (χ1) is 8.61. The van der Waals surface area contributed by atoms with Crippen LogP contribution in [0.5, 0.6) is 0 Å². The zero-order chi connectivity index (χ0) is 13.1. The smallest absolute Gasteiger partial charge is 0.227 e. The highest BCUT2D eigenvalue weighted by Crippen LogP contribution is 2.38. The number of benzene rings is 1. The lowest BCUT2D eigenvalue weighted by Crippen LogP contribution is -2.15. The number of nitrogens with two attached hydrogens (primary N) is 1. The van der Waals surface area contributed by atoms with Gasteiger partial charge in [0.05, 0.1) is 17.8 Å². The molecule has 1 amide bonds. The van der Waals surface area contributed by atoms with Crippen molar-refractivity contribution in [2.24, 2.45) is 17.6 Å². The standard InChI is InChI=1S/C14H15FN2O/c1-9-7-12(9)14(18)17-13-5-4-11(15)8-10(13)3-2-6-16/h4-5,8-9,12H,6-7,16H2,1H3,(H,17,18). The third-order valence-electron chi connectivity index (χ3n) is 3.01. The molecule has 2 atom stereocenters. The molecular weight excluding hydrogens is 231 g/mol. The Kier molecular flexibility index (Phi) is 3.63.